The third kappa shape index (κ3) is 3.86. The molecule has 3 aliphatic rings. The Kier molecular flexibility index (Phi) is 4.92. The van der Waals surface area contributed by atoms with Gasteiger partial charge in [0.2, 0.25) is 5.91 Å². The second kappa shape index (κ2) is 7.36. The smallest absolute Gasteiger partial charge is 0.414 e. The Hall–Kier alpha value is -2.32. The number of hydrogen-bond donors (Lipinski definition) is 1. The fourth-order valence-corrected chi connectivity index (χ4v) is 3.83. The lowest BCUT2D eigenvalue weighted by molar-refractivity contribution is -0.169. The summed E-state index contributed by atoms with van der Waals surface area (Å²) in [5, 5.41) is 2.68. The molecule has 0 radical (unpaired) electrons. The van der Waals surface area contributed by atoms with Crippen LogP contribution in [0.5, 0.6) is 0 Å². The number of amides is 2. The number of anilines is 2. The van der Waals surface area contributed by atoms with E-state index in [0.717, 1.165) is 37.3 Å². The molecule has 1 atom stereocenters. The molecule has 146 valence electrons. The van der Waals surface area contributed by atoms with Crippen LogP contribution < -0.4 is 15.1 Å². The number of rotatable bonds is 4. The number of benzene rings is 1. The van der Waals surface area contributed by atoms with Crippen LogP contribution in [-0.4, -0.2) is 63.3 Å². The molecule has 4 rings (SSSR count). The zero-order valence-corrected chi connectivity index (χ0v) is 15.5. The lowest BCUT2D eigenvalue weighted by Gasteiger charge is -2.38. The van der Waals surface area contributed by atoms with Gasteiger partial charge in [0.05, 0.1) is 26.3 Å². The van der Waals surface area contributed by atoms with Crippen molar-refractivity contribution in [2.45, 2.75) is 31.7 Å². The maximum absolute atomic E-state index is 12.1. The summed E-state index contributed by atoms with van der Waals surface area (Å²) in [6.07, 6.45) is 1.01. The van der Waals surface area contributed by atoms with Crippen molar-refractivity contribution in [1.82, 2.24) is 5.32 Å². The molecule has 1 aromatic rings. The number of ether oxygens (including phenoxy) is 3. The summed E-state index contributed by atoms with van der Waals surface area (Å²) in [7, 11) is 0. The summed E-state index contributed by atoms with van der Waals surface area (Å²) in [4.78, 5) is 27.0. The van der Waals surface area contributed by atoms with Crippen LogP contribution in [0.15, 0.2) is 24.3 Å². The number of carbonyl (C=O) groups excluding carboxylic acids is 2. The SMILES string of the molecule is CC(=O)NCC1CN(c2ccc(N3CCC4(CC3)OCCO4)cc2)C(=O)O1. The van der Waals surface area contributed by atoms with Gasteiger partial charge in [-0.2, -0.15) is 0 Å². The van der Waals surface area contributed by atoms with Crippen LogP contribution in [0.3, 0.4) is 0 Å². The van der Waals surface area contributed by atoms with Crippen LogP contribution >= 0.6 is 0 Å². The van der Waals surface area contributed by atoms with Crippen molar-refractivity contribution in [3.63, 3.8) is 0 Å². The monoisotopic (exact) mass is 375 g/mol. The van der Waals surface area contributed by atoms with E-state index in [2.05, 4.69) is 10.2 Å². The number of hydrogen-bond acceptors (Lipinski definition) is 6. The van der Waals surface area contributed by atoms with E-state index in [-0.39, 0.29) is 23.9 Å². The zero-order chi connectivity index (χ0) is 18.9. The van der Waals surface area contributed by atoms with Gasteiger partial charge in [-0.05, 0) is 24.3 Å². The maximum Gasteiger partial charge on any atom is 0.414 e. The molecule has 2 amide bonds. The average Bonchev–Trinajstić information content (AvgIpc) is 3.28. The van der Waals surface area contributed by atoms with Gasteiger partial charge in [-0.15, -0.1) is 0 Å². The first-order valence-electron chi connectivity index (χ1n) is 9.40. The molecule has 0 saturated carbocycles. The van der Waals surface area contributed by atoms with Gasteiger partial charge in [0.15, 0.2) is 5.79 Å². The predicted molar refractivity (Wildman–Crippen MR) is 98.8 cm³/mol. The van der Waals surface area contributed by atoms with Crippen molar-refractivity contribution in [3.8, 4) is 0 Å². The quantitative estimate of drug-likeness (QED) is 0.859. The van der Waals surface area contributed by atoms with Crippen molar-refractivity contribution < 1.29 is 23.8 Å². The Morgan fingerprint density at radius 3 is 2.41 bits per heavy atom. The molecule has 1 spiro atoms. The third-order valence-corrected chi connectivity index (χ3v) is 5.32. The first kappa shape index (κ1) is 18.1. The molecule has 0 bridgehead atoms. The van der Waals surface area contributed by atoms with Crippen molar-refractivity contribution in [3.05, 3.63) is 24.3 Å². The Bertz CT molecular complexity index is 692. The van der Waals surface area contributed by atoms with Gasteiger partial charge in [-0.25, -0.2) is 4.79 Å². The van der Waals surface area contributed by atoms with E-state index in [9.17, 15) is 9.59 Å². The van der Waals surface area contributed by atoms with E-state index < -0.39 is 0 Å². The molecular formula is C19H25N3O5. The van der Waals surface area contributed by atoms with Gasteiger partial charge in [-0.1, -0.05) is 0 Å². The molecular weight excluding hydrogens is 350 g/mol. The second-order valence-electron chi connectivity index (χ2n) is 7.16. The predicted octanol–water partition coefficient (Wildman–Crippen LogP) is 1.49. The highest BCUT2D eigenvalue weighted by atomic mass is 16.7. The van der Waals surface area contributed by atoms with Crippen LogP contribution in [0, 0.1) is 0 Å². The third-order valence-electron chi connectivity index (χ3n) is 5.32. The summed E-state index contributed by atoms with van der Waals surface area (Å²) < 4.78 is 16.9. The molecule has 3 saturated heterocycles. The van der Waals surface area contributed by atoms with Crippen molar-refractivity contribution >= 4 is 23.4 Å². The van der Waals surface area contributed by atoms with Gasteiger partial charge in [0, 0.05) is 44.2 Å². The number of nitrogens with one attached hydrogen (secondary N) is 1. The standard InChI is InChI=1S/C19H25N3O5/c1-14(23)20-12-17-13-22(18(24)27-17)16-4-2-15(3-5-16)21-8-6-19(7-9-21)25-10-11-26-19/h2-5,17H,6-13H2,1H3,(H,20,23). The highest BCUT2D eigenvalue weighted by molar-refractivity contribution is 5.90. The van der Waals surface area contributed by atoms with E-state index in [4.69, 9.17) is 14.2 Å². The first-order valence-corrected chi connectivity index (χ1v) is 9.40. The summed E-state index contributed by atoms with van der Waals surface area (Å²) in [6, 6.07) is 7.92. The Morgan fingerprint density at radius 2 is 1.78 bits per heavy atom. The normalized spacial score (nSPS) is 24.3. The topological polar surface area (TPSA) is 80.3 Å². The largest absolute Gasteiger partial charge is 0.442 e. The summed E-state index contributed by atoms with van der Waals surface area (Å²) in [5.74, 6) is -0.510. The van der Waals surface area contributed by atoms with Gasteiger partial charge >= 0.3 is 6.09 Å². The van der Waals surface area contributed by atoms with Crippen LogP contribution in [0.25, 0.3) is 0 Å². The molecule has 3 fully saturated rings. The molecule has 27 heavy (non-hydrogen) atoms. The van der Waals surface area contributed by atoms with Crippen LogP contribution in [0.1, 0.15) is 19.8 Å². The van der Waals surface area contributed by atoms with Crippen molar-refractivity contribution in [2.24, 2.45) is 0 Å². The zero-order valence-electron chi connectivity index (χ0n) is 15.5. The van der Waals surface area contributed by atoms with E-state index >= 15 is 0 Å². The molecule has 1 aromatic carbocycles. The molecule has 8 nitrogen and oxygen atoms in total. The molecule has 1 N–H and O–H groups in total. The molecule has 1 unspecified atom stereocenters. The maximum atomic E-state index is 12.1. The second-order valence-corrected chi connectivity index (χ2v) is 7.16. The molecule has 0 aliphatic carbocycles. The van der Waals surface area contributed by atoms with E-state index in [1.807, 2.05) is 24.3 Å². The van der Waals surface area contributed by atoms with Crippen LogP contribution in [0.2, 0.25) is 0 Å². The van der Waals surface area contributed by atoms with Crippen LogP contribution in [0.4, 0.5) is 16.2 Å². The Morgan fingerprint density at radius 1 is 1.15 bits per heavy atom. The minimum atomic E-state index is -0.381. The van der Waals surface area contributed by atoms with E-state index in [1.165, 1.54) is 6.92 Å². The molecule has 3 heterocycles. The highest BCUT2D eigenvalue weighted by Crippen LogP contribution is 2.34. The Labute approximate surface area is 158 Å². The number of cyclic esters (lactones) is 1. The minimum absolute atomic E-state index is 0.134. The summed E-state index contributed by atoms with van der Waals surface area (Å²) in [5.41, 5.74) is 1.92. The van der Waals surface area contributed by atoms with Crippen molar-refractivity contribution in [1.29, 1.82) is 0 Å². The van der Waals surface area contributed by atoms with E-state index in [1.54, 1.807) is 4.90 Å². The fourth-order valence-electron chi connectivity index (χ4n) is 3.83. The molecule has 8 heteroatoms. The lowest BCUT2D eigenvalue weighted by Crippen LogP contribution is -2.45. The van der Waals surface area contributed by atoms with Crippen LogP contribution in [-0.2, 0) is 19.0 Å². The molecule has 3 aliphatic heterocycles. The number of piperidine rings is 1. The minimum Gasteiger partial charge on any atom is -0.442 e. The van der Waals surface area contributed by atoms with Gasteiger partial charge < -0.3 is 24.4 Å². The highest BCUT2D eigenvalue weighted by Gasteiger charge is 2.40. The van der Waals surface area contributed by atoms with Gasteiger partial charge in [0.1, 0.15) is 6.10 Å². The van der Waals surface area contributed by atoms with Crippen molar-refractivity contribution in [2.75, 3.05) is 49.2 Å². The summed E-state index contributed by atoms with van der Waals surface area (Å²) >= 11 is 0. The number of nitrogens with zero attached hydrogens (tertiary/aromatic N) is 2. The summed E-state index contributed by atoms with van der Waals surface area (Å²) in [6.45, 7) is 5.33. The van der Waals surface area contributed by atoms with E-state index in [0.29, 0.717) is 26.3 Å². The average molecular weight is 375 g/mol. The fraction of sp³-hybridized carbons (Fsp3) is 0.579. The van der Waals surface area contributed by atoms with Gasteiger partial charge in [0.25, 0.3) is 0 Å². The lowest BCUT2D eigenvalue weighted by atomic mass is 10.0. The molecule has 0 aromatic heterocycles. The first-order chi connectivity index (χ1) is 13.0. The Balaban J connectivity index is 1.35. The van der Waals surface area contributed by atoms with Gasteiger partial charge in [-0.3, -0.25) is 9.69 Å². The number of carbonyl (C=O) groups is 2.